The van der Waals surface area contributed by atoms with Crippen LogP contribution in [-0.2, 0) is 6.04 Å². The fraction of sp³-hybridized carbons (Fsp3) is 0.500. The van der Waals surface area contributed by atoms with E-state index < -0.39 is 16.4 Å². The Labute approximate surface area is 95.3 Å². The Morgan fingerprint density at radius 1 is 0.933 bits per heavy atom. The second-order valence-electron chi connectivity index (χ2n) is 5.94. The molecule has 84 valence electrons. The van der Waals surface area contributed by atoms with Crippen LogP contribution in [0, 0.1) is 0 Å². The Kier molecular flexibility index (Phi) is 3.58. The highest BCUT2D eigenvalue weighted by Crippen LogP contribution is 2.09. The molecular weight excluding hydrogens is 216 g/mol. The molecule has 0 aromatic heterocycles. The van der Waals surface area contributed by atoms with E-state index in [1.165, 1.54) is 10.8 Å². The summed E-state index contributed by atoms with van der Waals surface area (Å²) in [7, 11) is -3.12. The summed E-state index contributed by atoms with van der Waals surface area (Å²) in [6.45, 7) is 11.0. The van der Waals surface area contributed by atoms with E-state index in [4.69, 9.17) is 0 Å². The van der Waals surface area contributed by atoms with Crippen molar-refractivity contribution in [2.24, 2.45) is 0 Å². The van der Waals surface area contributed by atoms with Crippen molar-refractivity contribution in [3.63, 3.8) is 0 Å². The first-order valence-electron chi connectivity index (χ1n) is 5.50. The lowest BCUT2D eigenvalue weighted by molar-refractivity contribution is 0.548. The third kappa shape index (κ3) is 4.32. The van der Waals surface area contributed by atoms with Gasteiger partial charge in [0.1, 0.15) is 0 Å². The van der Waals surface area contributed by atoms with Crippen LogP contribution in [0.25, 0.3) is 0 Å². The van der Waals surface area contributed by atoms with Gasteiger partial charge < -0.3 is 4.80 Å². The molecule has 0 bridgehead atoms. The van der Waals surface area contributed by atoms with E-state index in [1.54, 1.807) is 0 Å². The predicted molar refractivity (Wildman–Crippen MR) is 72.8 cm³/mol. The molecule has 0 aliphatic rings. The van der Waals surface area contributed by atoms with Gasteiger partial charge in [0.15, 0.2) is 8.32 Å². The van der Waals surface area contributed by atoms with Crippen molar-refractivity contribution in [3.8, 4) is 0 Å². The lowest BCUT2D eigenvalue weighted by atomic mass is 10.2. The van der Waals surface area contributed by atoms with Gasteiger partial charge in [0, 0.05) is 0 Å². The van der Waals surface area contributed by atoms with Gasteiger partial charge in [-0.25, -0.2) is 0 Å². The largest absolute Gasteiger partial charge is 0.432 e. The Morgan fingerprint density at radius 2 is 1.40 bits per heavy atom. The average molecular weight is 238 g/mol. The highest BCUT2D eigenvalue weighted by Gasteiger charge is 2.19. The summed E-state index contributed by atoms with van der Waals surface area (Å²) < 4.78 is 0. The van der Waals surface area contributed by atoms with Crippen LogP contribution >= 0.6 is 0 Å². The summed E-state index contributed by atoms with van der Waals surface area (Å²) in [6, 6.07) is 9.69. The number of hydrogen-bond donors (Lipinski definition) is 1. The van der Waals surface area contributed by atoms with E-state index in [9.17, 15) is 4.80 Å². The second kappa shape index (κ2) is 4.24. The first-order valence-corrected chi connectivity index (χ1v) is 12.2. The van der Waals surface area contributed by atoms with Gasteiger partial charge in [-0.3, -0.25) is 0 Å². The quantitative estimate of drug-likeness (QED) is 0.802. The van der Waals surface area contributed by atoms with E-state index >= 15 is 0 Å². The van der Waals surface area contributed by atoms with E-state index in [0.29, 0.717) is 0 Å². The van der Waals surface area contributed by atoms with Crippen molar-refractivity contribution >= 4 is 21.6 Å². The van der Waals surface area contributed by atoms with Gasteiger partial charge in [-0.05, 0) is 24.7 Å². The van der Waals surface area contributed by atoms with E-state index in [-0.39, 0.29) is 0 Å². The van der Waals surface area contributed by atoms with Crippen LogP contribution in [0.15, 0.2) is 24.3 Å². The van der Waals surface area contributed by atoms with Gasteiger partial charge in [-0.1, -0.05) is 49.1 Å². The van der Waals surface area contributed by atoms with Gasteiger partial charge >= 0.3 is 0 Å². The normalized spacial score (nSPS) is 12.9. The van der Waals surface area contributed by atoms with Crippen molar-refractivity contribution in [2.75, 3.05) is 0 Å². The maximum atomic E-state index is 9.85. The Hall–Kier alpha value is -0.386. The summed E-state index contributed by atoms with van der Waals surface area (Å²) in [6.07, 6.45) is 0. The average Bonchev–Trinajstić information content (AvgIpc) is 2.00. The lowest BCUT2D eigenvalue weighted by Crippen LogP contribution is -2.37. The molecule has 0 aliphatic carbocycles. The lowest BCUT2D eigenvalue weighted by Gasteiger charge is -2.18. The third-order valence-electron chi connectivity index (χ3n) is 2.46. The first kappa shape index (κ1) is 12.7. The standard InChI is InChI=1S/C12H22OSi2/c1-14(2,3)12-8-6-11(7-9-12)10-15(4,5)13/h6-9,13H,10H2,1-5H3. The molecular formula is C12H22OSi2. The fourth-order valence-electron chi connectivity index (χ4n) is 1.62. The molecule has 0 atom stereocenters. The maximum absolute atomic E-state index is 9.85. The highest BCUT2D eigenvalue weighted by atomic mass is 28.4. The van der Waals surface area contributed by atoms with Crippen LogP contribution < -0.4 is 5.19 Å². The van der Waals surface area contributed by atoms with Crippen molar-refractivity contribution < 1.29 is 4.80 Å². The predicted octanol–water partition coefficient (Wildman–Crippen LogP) is 2.51. The topological polar surface area (TPSA) is 20.2 Å². The minimum Gasteiger partial charge on any atom is -0.432 e. The van der Waals surface area contributed by atoms with E-state index in [1.807, 2.05) is 13.1 Å². The minimum atomic E-state index is -1.95. The van der Waals surface area contributed by atoms with E-state index in [0.717, 1.165) is 6.04 Å². The molecule has 1 nitrogen and oxygen atoms in total. The van der Waals surface area contributed by atoms with Gasteiger partial charge in [-0.15, -0.1) is 0 Å². The van der Waals surface area contributed by atoms with Gasteiger partial charge in [-0.2, -0.15) is 0 Å². The smallest absolute Gasteiger partial charge is 0.186 e. The van der Waals surface area contributed by atoms with Gasteiger partial charge in [0.05, 0.1) is 8.07 Å². The van der Waals surface area contributed by atoms with Crippen molar-refractivity contribution in [2.45, 2.75) is 38.8 Å². The zero-order valence-corrected chi connectivity index (χ0v) is 12.5. The molecule has 0 saturated heterocycles. The first-order chi connectivity index (χ1) is 6.68. The summed E-state index contributed by atoms with van der Waals surface area (Å²) in [4.78, 5) is 9.85. The molecule has 3 heteroatoms. The zero-order chi connectivity index (χ0) is 11.7. The van der Waals surface area contributed by atoms with Gasteiger partial charge in [0.2, 0.25) is 0 Å². The van der Waals surface area contributed by atoms with Gasteiger partial charge in [0.25, 0.3) is 0 Å². The number of rotatable bonds is 3. The number of benzene rings is 1. The Morgan fingerprint density at radius 3 is 1.73 bits per heavy atom. The van der Waals surface area contributed by atoms with Crippen LogP contribution in [0.5, 0.6) is 0 Å². The highest BCUT2D eigenvalue weighted by molar-refractivity contribution is 6.88. The summed E-state index contributed by atoms with van der Waals surface area (Å²) in [5.41, 5.74) is 1.27. The Bertz CT molecular complexity index is 317. The van der Waals surface area contributed by atoms with Crippen LogP contribution in [0.1, 0.15) is 5.56 Å². The summed E-state index contributed by atoms with van der Waals surface area (Å²) >= 11 is 0. The Balaban J connectivity index is 2.82. The molecule has 1 aromatic carbocycles. The fourth-order valence-corrected chi connectivity index (χ4v) is 4.02. The summed E-state index contributed by atoms with van der Waals surface area (Å²) in [5, 5.41) is 1.49. The van der Waals surface area contributed by atoms with Crippen LogP contribution in [0.4, 0.5) is 0 Å². The molecule has 1 N–H and O–H groups in total. The van der Waals surface area contributed by atoms with Crippen molar-refractivity contribution in [1.82, 2.24) is 0 Å². The third-order valence-corrected chi connectivity index (χ3v) is 5.80. The van der Waals surface area contributed by atoms with Crippen LogP contribution in [0.2, 0.25) is 32.7 Å². The van der Waals surface area contributed by atoms with E-state index in [2.05, 4.69) is 43.9 Å². The van der Waals surface area contributed by atoms with Crippen molar-refractivity contribution in [1.29, 1.82) is 0 Å². The summed E-state index contributed by atoms with van der Waals surface area (Å²) in [5.74, 6) is 0. The molecule has 0 saturated carbocycles. The molecule has 0 unspecified atom stereocenters. The molecule has 0 amide bonds. The van der Waals surface area contributed by atoms with Crippen LogP contribution in [0.3, 0.4) is 0 Å². The molecule has 0 radical (unpaired) electrons. The van der Waals surface area contributed by atoms with Crippen molar-refractivity contribution in [3.05, 3.63) is 29.8 Å². The molecule has 0 aliphatic heterocycles. The SMILES string of the molecule is C[Si](C)(O)Cc1ccc([Si](C)(C)C)cc1. The van der Waals surface area contributed by atoms with Crippen LogP contribution in [-0.4, -0.2) is 21.2 Å². The second-order valence-corrected chi connectivity index (χ2v) is 15.0. The molecule has 0 heterocycles. The molecule has 0 fully saturated rings. The minimum absolute atomic E-state index is 0.860. The molecule has 1 rings (SSSR count). The monoisotopic (exact) mass is 238 g/mol. The number of hydrogen-bond acceptors (Lipinski definition) is 1. The maximum Gasteiger partial charge on any atom is 0.186 e. The molecule has 0 spiro atoms. The zero-order valence-electron chi connectivity index (χ0n) is 10.5. The molecule has 15 heavy (non-hydrogen) atoms. The molecule has 1 aromatic rings.